The topological polar surface area (TPSA) is 12.9 Å². The van der Waals surface area contributed by atoms with Crippen LogP contribution >= 0.6 is 0 Å². The van der Waals surface area contributed by atoms with E-state index in [1.165, 1.54) is 21.7 Å². The zero-order valence-corrected chi connectivity index (χ0v) is 11.4. The van der Waals surface area contributed by atoms with Gasteiger partial charge >= 0.3 is 0 Å². The van der Waals surface area contributed by atoms with E-state index in [0.29, 0.717) is 6.90 Å². The molecule has 96 valence electrons. The monoisotopic (exact) mass is 258 g/mol. The van der Waals surface area contributed by atoms with Crippen LogP contribution in [0.25, 0.3) is 32.6 Å². The third-order valence-corrected chi connectivity index (χ3v) is 4.00. The highest BCUT2D eigenvalue weighted by molar-refractivity contribution is 6.10. The van der Waals surface area contributed by atoms with Gasteiger partial charge in [0.25, 0.3) is 0 Å². The average Bonchev–Trinajstić information content (AvgIpc) is 2.54. The van der Waals surface area contributed by atoms with E-state index in [0.717, 1.165) is 22.0 Å². The molecule has 4 aromatic rings. The molecule has 0 atom stereocenters. The summed E-state index contributed by atoms with van der Waals surface area (Å²) in [6.45, 7) is 2.46. The molecular formula is C19H15N. The number of aryl methyl sites for hydroxylation is 2. The van der Waals surface area contributed by atoms with Crippen molar-refractivity contribution in [3.05, 3.63) is 65.7 Å². The lowest BCUT2D eigenvalue weighted by atomic mass is 9.99. The predicted molar refractivity (Wildman–Crippen MR) is 86.2 cm³/mol. The van der Waals surface area contributed by atoms with Gasteiger partial charge in [0.1, 0.15) is 0 Å². The fourth-order valence-corrected chi connectivity index (χ4v) is 2.92. The van der Waals surface area contributed by atoms with Crippen LogP contribution in [0.15, 0.2) is 54.6 Å². The molecule has 0 aliphatic rings. The van der Waals surface area contributed by atoms with Crippen molar-refractivity contribution in [1.29, 1.82) is 0 Å². The fraction of sp³-hybridized carbons (Fsp3) is 0.105. The Kier molecular flexibility index (Phi) is 2.10. The molecule has 0 radical (unpaired) electrons. The molecule has 0 unspecified atom stereocenters. The Hall–Kier alpha value is -2.41. The number of pyridine rings is 1. The molecule has 0 N–H and O–H groups in total. The number of nitrogens with zero attached hydrogens (tertiary/aromatic N) is 1. The first-order valence-electron chi connectivity index (χ1n) is 7.48. The number of hydrogen-bond donors (Lipinski definition) is 0. The molecule has 0 amide bonds. The van der Waals surface area contributed by atoms with Crippen LogP contribution in [0.1, 0.15) is 12.5 Å². The average molecular weight is 258 g/mol. The van der Waals surface area contributed by atoms with Crippen molar-refractivity contribution in [2.75, 3.05) is 0 Å². The summed E-state index contributed by atoms with van der Waals surface area (Å²) in [4.78, 5) is 4.88. The van der Waals surface area contributed by atoms with E-state index in [1.807, 2.05) is 12.1 Å². The Labute approximate surface area is 119 Å². The highest BCUT2D eigenvalue weighted by atomic mass is 14.7. The van der Waals surface area contributed by atoms with Gasteiger partial charge in [0.15, 0.2) is 0 Å². The summed E-state index contributed by atoms with van der Waals surface area (Å²) in [5.41, 5.74) is 4.36. The third kappa shape index (κ3) is 1.53. The Morgan fingerprint density at radius 1 is 0.900 bits per heavy atom. The molecule has 3 aromatic carbocycles. The van der Waals surface area contributed by atoms with Gasteiger partial charge in [-0.15, -0.1) is 0 Å². The maximum absolute atomic E-state index is 7.54. The summed E-state index contributed by atoms with van der Waals surface area (Å²) in [6, 6.07) is 18.8. The summed E-state index contributed by atoms with van der Waals surface area (Å²) in [7, 11) is 0. The second-order valence-corrected chi connectivity index (χ2v) is 5.27. The molecule has 0 bridgehead atoms. The van der Waals surface area contributed by atoms with E-state index in [4.69, 9.17) is 6.35 Å². The number of hydrogen-bond acceptors (Lipinski definition) is 1. The van der Waals surface area contributed by atoms with Crippen LogP contribution in [-0.4, -0.2) is 4.98 Å². The molecule has 1 aromatic heterocycles. The van der Waals surface area contributed by atoms with Crippen molar-refractivity contribution < 1.29 is 1.37 Å². The zero-order chi connectivity index (χ0) is 14.4. The molecule has 1 heteroatoms. The molecule has 0 saturated carbocycles. The molecule has 0 saturated heterocycles. The number of rotatable bonds is 0. The van der Waals surface area contributed by atoms with Gasteiger partial charge in [-0.2, -0.15) is 0 Å². The van der Waals surface area contributed by atoms with Crippen LogP contribution in [0.3, 0.4) is 0 Å². The maximum atomic E-state index is 7.54. The van der Waals surface area contributed by atoms with Crippen LogP contribution in [0.4, 0.5) is 0 Å². The molecule has 0 spiro atoms. The molecule has 20 heavy (non-hydrogen) atoms. The summed E-state index contributed by atoms with van der Waals surface area (Å²) in [6.07, 6.45) is 0. The second kappa shape index (κ2) is 4.04. The molecule has 1 heterocycles. The Morgan fingerprint density at radius 3 is 2.70 bits per heavy atom. The minimum absolute atomic E-state index is 0.311. The Morgan fingerprint density at radius 2 is 1.80 bits per heavy atom. The zero-order valence-electron chi connectivity index (χ0n) is 12.4. The van der Waals surface area contributed by atoms with Crippen molar-refractivity contribution in [1.82, 2.24) is 4.98 Å². The first-order chi connectivity index (χ1) is 10.3. The molecule has 0 aliphatic heterocycles. The first-order valence-corrected chi connectivity index (χ1v) is 6.78. The van der Waals surface area contributed by atoms with E-state index < -0.39 is 0 Å². The lowest BCUT2D eigenvalue weighted by molar-refractivity contribution is 1.43. The van der Waals surface area contributed by atoms with Crippen molar-refractivity contribution in [2.24, 2.45) is 0 Å². The lowest BCUT2D eigenvalue weighted by Crippen LogP contribution is -1.89. The SMILES string of the molecule is [2H]Cc1ccc2nc3c(ccc4ccccc43)c(C)c2c1. The molecule has 1 nitrogen and oxygen atoms in total. The van der Waals surface area contributed by atoms with Crippen molar-refractivity contribution >= 4 is 32.6 Å². The smallest absolute Gasteiger partial charge is 0.0790 e. The highest BCUT2D eigenvalue weighted by Crippen LogP contribution is 2.30. The number of aromatic nitrogens is 1. The Bertz CT molecular complexity index is 989. The number of benzene rings is 3. The predicted octanol–water partition coefficient (Wildman–Crippen LogP) is 5.16. The van der Waals surface area contributed by atoms with Crippen LogP contribution in [0.5, 0.6) is 0 Å². The van der Waals surface area contributed by atoms with Crippen molar-refractivity contribution in [3.8, 4) is 0 Å². The standard InChI is InChI=1S/C19H15N/c1-12-7-10-18-17(11-12)13(2)15-9-8-14-5-3-4-6-16(14)19(15)20-18/h3-11H,1-2H3/i1D. The molecule has 4 rings (SSSR count). The van der Waals surface area contributed by atoms with Crippen molar-refractivity contribution in [3.63, 3.8) is 0 Å². The third-order valence-electron chi connectivity index (χ3n) is 4.00. The van der Waals surface area contributed by atoms with Crippen LogP contribution < -0.4 is 0 Å². The van der Waals surface area contributed by atoms with E-state index >= 15 is 0 Å². The maximum Gasteiger partial charge on any atom is 0.0790 e. The van der Waals surface area contributed by atoms with E-state index in [1.54, 1.807) is 0 Å². The Balaban J connectivity index is 2.21. The van der Waals surface area contributed by atoms with Gasteiger partial charge in [-0.3, -0.25) is 0 Å². The van der Waals surface area contributed by atoms with E-state index in [9.17, 15) is 0 Å². The van der Waals surface area contributed by atoms with Crippen LogP contribution in [0, 0.1) is 13.8 Å². The van der Waals surface area contributed by atoms with Gasteiger partial charge in [0.05, 0.1) is 11.0 Å². The van der Waals surface area contributed by atoms with Gasteiger partial charge in [-0.1, -0.05) is 48.0 Å². The van der Waals surface area contributed by atoms with Crippen LogP contribution in [0.2, 0.25) is 0 Å². The largest absolute Gasteiger partial charge is 0.247 e. The van der Waals surface area contributed by atoms with E-state index in [-0.39, 0.29) is 0 Å². The fourth-order valence-electron chi connectivity index (χ4n) is 2.92. The molecule has 0 aliphatic carbocycles. The van der Waals surface area contributed by atoms with Crippen LogP contribution in [-0.2, 0) is 0 Å². The van der Waals surface area contributed by atoms with Gasteiger partial charge < -0.3 is 0 Å². The molecular weight excluding hydrogens is 242 g/mol. The minimum atomic E-state index is 0.311. The minimum Gasteiger partial charge on any atom is -0.247 e. The lowest BCUT2D eigenvalue weighted by Gasteiger charge is -2.10. The van der Waals surface area contributed by atoms with Gasteiger partial charge in [0.2, 0.25) is 0 Å². The van der Waals surface area contributed by atoms with Gasteiger partial charge in [-0.05, 0) is 36.9 Å². The highest BCUT2D eigenvalue weighted by Gasteiger charge is 2.08. The molecule has 0 fully saturated rings. The van der Waals surface area contributed by atoms with Gasteiger partial charge in [-0.25, -0.2) is 4.98 Å². The summed E-state index contributed by atoms with van der Waals surface area (Å²) >= 11 is 0. The summed E-state index contributed by atoms with van der Waals surface area (Å²) in [5.74, 6) is 0. The number of fused-ring (bicyclic) bond motifs is 4. The summed E-state index contributed by atoms with van der Waals surface area (Å²) < 4.78 is 7.54. The van der Waals surface area contributed by atoms with E-state index in [2.05, 4.69) is 49.4 Å². The van der Waals surface area contributed by atoms with Crippen molar-refractivity contribution in [2.45, 2.75) is 13.8 Å². The first kappa shape index (κ1) is 10.4. The second-order valence-electron chi connectivity index (χ2n) is 5.27. The quantitative estimate of drug-likeness (QED) is 0.313. The normalized spacial score (nSPS) is 12.2. The van der Waals surface area contributed by atoms with Gasteiger partial charge in [0, 0.05) is 17.5 Å². The summed E-state index contributed by atoms with van der Waals surface area (Å²) in [5, 5.41) is 4.77.